The van der Waals surface area contributed by atoms with Crippen molar-refractivity contribution in [2.24, 2.45) is 4.99 Å². The number of hydrogen-bond acceptors (Lipinski definition) is 3. The molecular weight excluding hydrogens is 206 g/mol. The first kappa shape index (κ1) is 10.3. The van der Waals surface area contributed by atoms with Crippen LogP contribution >= 0.6 is 12.2 Å². The average molecular weight is 219 g/mol. The summed E-state index contributed by atoms with van der Waals surface area (Å²) in [7, 11) is 1.68. The maximum atomic E-state index is 5.13. The highest BCUT2D eigenvalue weighted by Gasteiger charge is 2.43. The van der Waals surface area contributed by atoms with Crippen molar-refractivity contribution in [3.8, 4) is 5.75 Å². The number of nitrogens with zero attached hydrogens (tertiary/aromatic N) is 1. The van der Waals surface area contributed by atoms with Gasteiger partial charge in [-0.3, -0.25) is 0 Å². The summed E-state index contributed by atoms with van der Waals surface area (Å²) < 4.78 is 5.13. The maximum Gasteiger partial charge on any atom is 0.118 e. The smallest absolute Gasteiger partial charge is 0.118 e. The van der Waals surface area contributed by atoms with E-state index < -0.39 is 0 Å². The van der Waals surface area contributed by atoms with E-state index in [1.165, 1.54) is 18.4 Å². The zero-order chi connectivity index (χ0) is 10.7. The number of aliphatic imine (C=N–C) groups is 1. The fraction of sp³-hybridized carbons (Fsp3) is 0.417. The molecule has 1 aliphatic carbocycles. The van der Waals surface area contributed by atoms with E-state index in [1.807, 2.05) is 12.1 Å². The highest BCUT2D eigenvalue weighted by atomic mass is 32.1. The Morgan fingerprint density at radius 1 is 1.40 bits per heavy atom. The van der Waals surface area contributed by atoms with Crippen LogP contribution in [0.4, 0.5) is 0 Å². The van der Waals surface area contributed by atoms with Crippen molar-refractivity contribution in [3.63, 3.8) is 0 Å². The molecule has 0 bridgehead atoms. The third-order valence-electron chi connectivity index (χ3n) is 3.00. The molecule has 0 aromatic heterocycles. The van der Waals surface area contributed by atoms with Crippen LogP contribution in [-0.2, 0) is 5.41 Å². The zero-order valence-electron chi connectivity index (χ0n) is 8.69. The molecule has 15 heavy (non-hydrogen) atoms. The van der Waals surface area contributed by atoms with E-state index in [2.05, 4.69) is 34.5 Å². The third kappa shape index (κ3) is 2.09. The van der Waals surface area contributed by atoms with Crippen LogP contribution in [0.5, 0.6) is 5.75 Å². The predicted molar refractivity (Wildman–Crippen MR) is 63.8 cm³/mol. The monoisotopic (exact) mass is 219 g/mol. The Morgan fingerprint density at radius 2 is 2.07 bits per heavy atom. The SMILES string of the molecule is COc1ccc(C2(CN=C=S)CC2)cc1. The van der Waals surface area contributed by atoms with Crippen molar-refractivity contribution in [2.45, 2.75) is 18.3 Å². The van der Waals surface area contributed by atoms with E-state index in [0.717, 1.165) is 12.3 Å². The molecule has 78 valence electrons. The summed E-state index contributed by atoms with van der Waals surface area (Å²) in [6, 6.07) is 8.22. The Bertz CT molecular complexity index is 389. The number of methoxy groups -OCH3 is 1. The quantitative estimate of drug-likeness (QED) is 0.573. The summed E-state index contributed by atoms with van der Waals surface area (Å²) in [6.07, 6.45) is 2.39. The van der Waals surface area contributed by atoms with Gasteiger partial charge in [-0.15, -0.1) is 0 Å². The van der Waals surface area contributed by atoms with Crippen molar-refractivity contribution in [1.29, 1.82) is 0 Å². The highest BCUT2D eigenvalue weighted by Crippen LogP contribution is 2.48. The first-order valence-corrected chi connectivity index (χ1v) is 5.40. The molecule has 0 N–H and O–H groups in total. The first-order chi connectivity index (χ1) is 7.30. The minimum absolute atomic E-state index is 0.234. The van der Waals surface area contributed by atoms with Crippen LogP contribution in [0.3, 0.4) is 0 Å². The van der Waals surface area contributed by atoms with E-state index in [-0.39, 0.29) is 5.41 Å². The summed E-state index contributed by atoms with van der Waals surface area (Å²) in [4.78, 5) is 4.06. The lowest BCUT2D eigenvalue weighted by Crippen LogP contribution is -2.10. The standard InChI is InChI=1S/C12H13NOS/c1-14-11-4-2-10(3-5-11)12(6-7-12)8-13-9-15/h2-5H,6-8H2,1H3. The largest absolute Gasteiger partial charge is 0.497 e. The van der Waals surface area contributed by atoms with Crippen molar-refractivity contribution in [1.82, 2.24) is 0 Å². The summed E-state index contributed by atoms with van der Waals surface area (Å²) in [5, 5.41) is 2.44. The highest BCUT2D eigenvalue weighted by molar-refractivity contribution is 7.78. The minimum Gasteiger partial charge on any atom is -0.497 e. The molecule has 1 aliphatic rings. The van der Waals surface area contributed by atoms with E-state index in [9.17, 15) is 0 Å². The number of thiocarbonyl (C=S) groups is 1. The normalized spacial score (nSPS) is 16.6. The topological polar surface area (TPSA) is 21.6 Å². The second-order valence-electron chi connectivity index (χ2n) is 3.92. The number of hydrogen-bond donors (Lipinski definition) is 0. The van der Waals surface area contributed by atoms with Gasteiger partial charge < -0.3 is 4.74 Å². The summed E-state index contributed by atoms with van der Waals surface area (Å²) in [6.45, 7) is 0.767. The summed E-state index contributed by atoms with van der Waals surface area (Å²) in [5.41, 5.74) is 1.57. The van der Waals surface area contributed by atoms with Crippen LogP contribution in [0.15, 0.2) is 29.3 Å². The van der Waals surface area contributed by atoms with Crippen molar-refractivity contribution in [3.05, 3.63) is 29.8 Å². The lowest BCUT2D eigenvalue weighted by atomic mass is 9.96. The second kappa shape index (κ2) is 4.13. The molecule has 0 saturated heterocycles. The molecule has 1 aromatic carbocycles. The molecule has 0 radical (unpaired) electrons. The van der Waals surface area contributed by atoms with Gasteiger partial charge in [0.15, 0.2) is 0 Å². The Kier molecular flexibility index (Phi) is 2.85. The molecular formula is C12H13NOS. The van der Waals surface area contributed by atoms with Gasteiger partial charge >= 0.3 is 0 Å². The third-order valence-corrected chi connectivity index (χ3v) is 3.13. The molecule has 1 aromatic rings. The number of ether oxygens (including phenoxy) is 1. The van der Waals surface area contributed by atoms with Gasteiger partial charge in [0.1, 0.15) is 5.75 Å². The maximum absolute atomic E-state index is 5.13. The number of benzene rings is 1. The lowest BCUT2D eigenvalue weighted by molar-refractivity contribution is 0.414. The predicted octanol–water partition coefficient (Wildman–Crippen LogP) is 2.83. The van der Waals surface area contributed by atoms with Crippen molar-refractivity contribution in [2.75, 3.05) is 13.7 Å². The van der Waals surface area contributed by atoms with Gasteiger partial charge in [-0.25, -0.2) is 4.99 Å². The van der Waals surface area contributed by atoms with Gasteiger partial charge in [0, 0.05) is 5.41 Å². The Hall–Kier alpha value is -1.18. The molecule has 2 rings (SSSR count). The fourth-order valence-electron chi connectivity index (χ4n) is 1.82. The summed E-state index contributed by atoms with van der Waals surface area (Å²) in [5.74, 6) is 0.896. The molecule has 0 unspecified atom stereocenters. The number of rotatable bonds is 4. The van der Waals surface area contributed by atoms with Crippen LogP contribution in [0.1, 0.15) is 18.4 Å². The van der Waals surface area contributed by atoms with Gasteiger partial charge in [0.05, 0.1) is 18.8 Å². The van der Waals surface area contributed by atoms with Gasteiger partial charge in [-0.05, 0) is 42.8 Å². The van der Waals surface area contributed by atoms with Crippen LogP contribution in [0, 0.1) is 0 Å². The molecule has 1 fully saturated rings. The van der Waals surface area contributed by atoms with Gasteiger partial charge in [0.25, 0.3) is 0 Å². The molecule has 0 spiro atoms. The van der Waals surface area contributed by atoms with Crippen LogP contribution in [0.2, 0.25) is 0 Å². The van der Waals surface area contributed by atoms with Crippen LogP contribution < -0.4 is 4.74 Å². The molecule has 0 heterocycles. The van der Waals surface area contributed by atoms with Crippen molar-refractivity contribution >= 4 is 17.4 Å². The zero-order valence-corrected chi connectivity index (χ0v) is 9.51. The molecule has 3 heteroatoms. The first-order valence-electron chi connectivity index (χ1n) is 4.99. The number of isothiocyanates is 1. The molecule has 2 nitrogen and oxygen atoms in total. The molecule has 0 atom stereocenters. The van der Waals surface area contributed by atoms with E-state index in [1.54, 1.807) is 7.11 Å². The molecule has 1 saturated carbocycles. The fourth-order valence-corrected chi connectivity index (χ4v) is 1.88. The van der Waals surface area contributed by atoms with Crippen LogP contribution in [0.25, 0.3) is 0 Å². The second-order valence-corrected chi connectivity index (χ2v) is 4.10. The van der Waals surface area contributed by atoms with E-state index in [0.29, 0.717) is 0 Å². The van der Waals surface area contributed by atoms with E-state index >= 15 is 0 Å². The van der Waals surface area contributed by atoms with E-state index in [4.69, 9.17) is 4.74 Å². The van der Waals surface area contributed by atoms with Gasteiger partial charge in [-0.1, -0.05) is 12.1 Å². The van der Waals surface area contributed by atoms with Crippen LogP contribution in [-0.4, -0.2) is 18.8 Å². The molecule has 0 aliphatic heterocycles. The Labute approximate surface area is 95.0 Å². The Morgan fingerprint density at radius 3 is 2.53 bits per heavy atom. The van der Waals surface area contributed by atoms with Crippen molar-refractivity contribution < 1.29 is 4.74 Å². The lowest BCUT2D eigenvalue weighted by Gasteiger charge is -2.12. The van der Waals surface area contributed by atoms with Gasteiger partial charge in [-0.2, -0.15) is 0 Å². The Balaban J connectivity index is 2.18. The summed E-state index contributed by atoms with van der Waals surface area (Å²) >= 11 is 4.60. The molecule has 0 amide bonds. The van der Waals surface area contributed by atoms with Gasteiger partial charge in [0.2, 0.25) is 0 Å². The minimum atomic E-state index is 0.234. The average Bonchev–Trinajstić information content (AvgIpc) is 3.08.